The van der Waals surface area contributed by atoms with Crippen molar-refractivity contribution in [3.05, 3.63) is 53.1 Å². The number of sulfonamides is 1. The summed E-state index contributed by atoms with van der Waals surface area (Å²) in [4.78, 5) is 12.9. The fourth-order valence-electron chi connectivity index (χ4n) is 3.41. The topological polar surface area (TPSA) is 87.7 Å². The fourth-order valence-corrected chi connectivity index (χ4v) is 5.07. The van der Waals surface area contributed by atoms with Gasteiger partial charge in [-0.25, -0.2) is 8.42 Å². The van der Waals surface area contributed by atoms with Gasteiger partial charge in [-0.1, -0.05) is 23.8 Å². The maximum Gasteiger partial charge on any atom is 0.246 e. The van der Waals surface area contributed by atoms with Gasteiger partial charge in [0.25, 0.3) is 0 Å². The molecule has 1 saturated heterocycles. The third-order valence-electron chi connectivity index (χ3n) is 5.19. The molecule has 1 fully saturated rings. The van der Waals surface area contributed by atoms with Crippen LogP contribution in [0.1, 0.15) is 23.6 Å². The van der Waals surface area contributed by atoms with Crippen molar-refractivity contribution in [3.63, 3.8) is 0 Å². The van der Waals surface area contributed by atoms with Crippen LogP contribution < -0.4 is 10.6 Å². The molecular weight excluding hydrogens is 402 g/mol. The number of benzene rings is 2. The van der Waals surface area contributed by atoms with Gasteiger partial charge in [0.15, 0.2) is 0 Å². The number of nitrogens with one attached hydrogen (secondary N) is 2. The molecule has 3 rings (SSSR count). The van der Waals surface area contributed by atoms with E-state index in [0.29, 0.717) is 37.6 Å². The molecule has 1 aliphatic heterocycles. The Morgan fingerprint density at radius 1 is 1.03 bits per heavy atom. The van der Waals surface area contributed by atoms with Crippen LogP contribution in [-0.2, 0) is 19.6 Å². The predicted octanol–water partition coefficient (Wildman–Crippen LogP) is 3.07. The summed E-state index contributed by atoms with van der Waals surface area (Å²) in [6, 6.07) is 10.5. The summed E-state index contributed by atoms with van der Waals surface area (Å²) < 4.78 is 32.7. The molecule has 162 valence electrons. The zero-order valence-electron chi connectivity index (χ0n) is 17.9. The molecule has 0 radical (unpaired) electrons. The van der Waals surface area contributed by atoms with E-state index in [9.17, 15) is 13.2 Å². The first kappa shape index (κ1) is 22.3. The first-order valence-corrected chi connectivity index (χ1v) is 11.5. The maximum atomic E-state index is 13.0. The quantitative estimate of drug-likeness (QED) is 0.734. The number of carbonyl (C=O) groups is 1. The third kappa shape index (κ3) is 5.00. The maximum absolute atomic E-state index is 13.0. The van der Waals surface area contributed by atoms with Gasteiger partial charge in [0.2, 0.25) is 15.9 Å². The van der Waals surface area contributed by atoms with E-state index in [4.69, 9.17) is 4.74 Å². The molecule has 1 aliphatic rings. The summed E-state index contributed by atoms with van der Waals surface area (Å²) >= 11 is 0. The largest absolute Gasteiger partial charge is 0.379 e. The van der Waals surface area contributed by atoms with Crippen molar-refractivity contribution in [3.8, 4) is 0 Å². The van der Waals surface area contributed by atoms with Gasteiger partial charge < -0.3 is 15.4 Å². The molecule has 0 aromatic heterocycles. The van der Waals surface area contributed by atoms with E-state index in [2.05, 4.69) is 16.7 Å². The highest BCUT2D eigenvalue weighted by Gasteiger charge is 2.28. The van der Waals surface area contributed by atoms with Gasteiger partial charge in [-0.05, 0) is 57.0 Å². The molecular formula is C22H29N3O4S. The lowest BCUT2D eigenvalue weighted by Crippen LogP contribution is -2.40. The van der Waals surface area contributed by atoms with Gasteiger partial charge in [-0.3, -0.25) is 4.79 Å². The fraction of sp³-hybridized carbons (Fsp3) is 0.409. The van der Waals surface area contributed by atoms with Gasteiger partial charge >= 0.3 is 0 Å². The molecule has 0 saturated carbocycles. The van der Waals surface area contributed by atoms with Crippen molar-refractivity contribution in [2.75, 3.05) is 36.9 Å². The number of nitrogens with zero attached hydrogens (tertiary/aromatic N) is 1. The van der Waals surface area contributed by atoms with Gasteiger partial charge in [-0.2, -0.15) is 4.31 Å². The summed E-state index contributed by atoms with van der Waals surface area (Å²) in [7, 11) is -3.64. The van der Waals surface area contributed by atoms with E-state index in [0.717, 1.165) is 16.8 Å². The molecule has 8 heteroatoms. The van der Waals surface area contributed by atoms with Gasteiger partial charge in [0, 0.05) is 24.5 Å². The lowest BCUT2D eigenvalue weighted by molar-refractivity contribution is -0.116. The SMILES string of the molecule is Cc1ccc(N[C@H](C)C(=O)Nc2ccc(C)c(S(=O)(=O)N3CCOCC3)c2)c(C)c1. The van der Waals surface area contributed by atoms with Crippen molar-refractivity contribution in [2.24, 2.45) is 0 Å². The molecule has 0 spiro atoms. The van der Waals surface area contributed by atoms with Crippen molar-refractivity contribution < 1.29 is 17.9 Å². The van der Waals surface area contributed by atoms with Crippen LogP contribution in [0.3, 0.4) is 0 Å². The van der Waals surface area contributed by atoms with Gasteiger partial charge in [0.05, 0.1) is 18.1 Å². The number of carbonyl (C=O) groups excluding carboxylic acids is 1. The first-order valence-electron chi connectivity index (χ1n) is 10.0. The Labute approximate surface area is 178 Å². The van der Waals surface area contributed by atoms with Gasteiger partial charge in [-0.15, -0.1) is 0 Å². The number of aryl methyl sites for hydroxylation is 3. The van der Waals surface area contributed by atoms with Crippen molar-refractivity contribution >= 4 is 27.3 Å². The van der Waals surface area contributed by atoms with Crippen molar-refractivity contribution in [1.82, 2.24) is 4.31 Å². The molecule has 1 atom stereocenters. The van der Waals surface area contributed by atoms with Gasteiger partial charge in [0.1, 0.15) is 6.04 Å². The molecule has 1 heterocycles. The first-order chi connectivity index (χ1) is 14.2. The van der Waals surface area contributed by atoms with E-state index in [1.165, 1.54) is 10.4 Å². The number of rotatable bonds is 6. The number of hydrogen-bond acceptors (Lipinski definition) is 5. The van der Waals surface area contributed by atoms with E-state index in [-0.39, 0.29) is 10.8 Å². The molecule has 2 aromatic carbocycles. The Kier molecular flexibility index (Phi) is 6.80. The summed E-state index contributed by atoms with van der Waals surface area (Å²) in [5, 5.41) is 6.04. The number of amides is 1. The average Bonchev–Trinajstić information content (AvgIpc) is 2.72. The van der Waals surface area contributed by atoms with Crippen LogP contribution in [0.15, 0.2) is 41.3 Å². The zero-order valence-corrected chi connectivity index (χ0v) is 18.7. The molecule has 7 nitrogen and oxygen atoms in total. The number of anilines is 2. The van der Waals surface area contributed by atoms with Crippen LogP contribution >= 0.6 is 0 Å². The minimum Gasteiger partial charge on any atom is -0.379 e. The van der Waals surface area contributed by atoms with Crippen LogP contribution in [0.4, 0.5) is 11.4 Å². The highest BCUT2D eigenvalue weighted by molar-refractivity contribution is 7.89. The van der Waals surface area contributed by atoms with Crippen LogP contribution in [0.5, 0.6) is 0 Å². The highest BCUT2D eigenvalue weighted by atomic mass is 32.2. The van der Waals surface area contributed by atoms with E-state index in [1.807, 2.05) is 26.0 Å². The Balaban J connectivity index is 1.75. The minimum atomic E-state index is -3.64. The molecule has 2 aromatic rings. The lowest BCUT2D eigenvalue weighted by Gasteiger charge is -2.27. The van der Waals surface area contributed by atoms with Crippen LogP contribution in [0, 0.1) is 20.8 Å². The predicted molar refractivity (Wildman–Crippen MR) is 118 cm³/mol. The lowest BCUT2D eigenvalue weighted by atomic mass is 10.1. The Morgan fingerprint density at radius 2 is 1.73 bits per heavy atom. The Bertz CT molecular complexity index is 1030. The minimum absolute atomic E-state index is 0.206. The van der Waals surface area contributed by atoms with Crippen LogP contribution in [-0.4, -0.2) is 51.0 Å². The summed E-state index contributed by atoms with van der Waals surface area (Å²) in [6.07, 6.45) is 0. The van der Waals surface area contributed by atoms with Crippen molar-refractivity contribution in [2.45, 2.75) is 38.6 Å². The molecule has 0 bridgehead atoms. The second-order valence-electron chi connectivity index (χ2n) is 7.67. The average molecular weight is 432 g/mol. The molecule has 0 unspecified atom stereocenters. The van der Waals surface area contributed by atoms with E-state index in [1.54, 1.807) is 26.0 Å². The Morgan fingerprint density at radius 3 is 2.40 bits per heavy atom. The Hall–Kier alpha value is -2.42. The highest BCUT2D eigenvalue weighted by Crippen LogP contribution is 2.25. The number of ether oxygens (including phenoxy) is 1. The van der Waals surface area contributed by atoms with E-state index >= 15 is 0 Å². The molecule has 2 N–H and O–H groups in total. The second kappa shape index (κ2) is 9.16. The molecule has 0 aliphatic carbocycles. The van der Waals surface area contributed by atoms with Crippen molar-refractivity contribution in [1.29, 1.82) is 0 Å². The summed E-state index contributed by atoms with van der Waals surface area (Å²) in [5.41, 5.74) is 4.20. The monoisotopic (exact) mass is 431 g/mol. The normalized spacial score (nSPS) is 16.1. The molecule has 30 heavy (non-hydrogen) atoms. The zero-order chi connectivity index (χ0) is 21.9. The molecule has 1 amide bonds. The summed E-state index contributed by atoms with van der Waals surface area (Å²) in [5.74, 6) is -0.242. The standard InChI is InChI=1S/C22H29N3O4S/c1-15-5-8-20(17(3)13-15)23-18(4)22(26)24-19-7-6-16(2)21(14-19)30(27,28)25-9-11-29-12-10-25/h5-8,13-14,18,23H,9-12H2,1-4H3,(H,24,26)/t18-/m1/s1. The van der Waals surface area contributed by atoms with Crippen LogP contribution in [0.25, 0.3) is 0 Å². The smallest absolute Gasteiger partial charge is 0.246 e. The second-order valence-corrected chi connectivity index (χ2v) is 9.58. The van der Waals surface area contributed by atoms with Crippen LogP contribution in [0.2, 0.25) is 0 Å². The number of hydrogen-bond donors (Lipinski definition) is 2. The summed E-state index contributed by atoms with van der Waals surface area (Å²) in [6.45, 7) is 8.96. The number of morpholine rings is 1. The van der Waals surface area contributed by atoms with E-state index < -0.39 is 16.1 Å². The third-order valence-corrected chi connectivity index (χ3v) is 7.23.